The number of benzene rings is 1. The number of urea groups is 1. The minimum absolute atomic E-state index is 0.0936. The van der Waals surface area contributed by atoms with Crippen molar-refractivity contribution in [1.29, 1.82) is 0 Å². The first-order valence-corrected chi connectivity index (χ1v) is 11.1. The van der Waals surface area contributed by atoms with Crippen LogP contribution in [-0.2, 0) is 14.9 Å². The predicted octanol–water partition coefficient (Wildman–Crippen LogP) is 3.87. The highest BCUT2D eigenvalue weighted by Crippen LogP contribution is 2.37. The van der Waals surface area contributed by atoms with E-state index in [-0.39, 0.29) is 17.4 Å². The van der Waals surface area contributed by atoms with Gasteiger partial charge in [0.25, 0.3) is 0 Å². The first-order valence-electron chi connectivity index (χ1n) is 11.1. The van der Waals surface area contributed by atoms with Gasteiger partial charge < -0.3 is 24.2 Å². The maximum Gasteiger partial charge on any atom is 0.321 e. The van der Waals surface area contributed by atoms with Crippen LogP contribution in [-0.4, -0.2) is 61.1 Å². The zero-order valence-corrected chi connectivity index (χ0v) is 18.4. The summed E-state index contributed by atoms with van der Waals surface area (Å²) in [4.78, 5) is 19.8. The SMILES string of the molecule is COCCC1(c2noc(C3CCOCC3)n2)CCCN(C(=O)Nc2ccccc2C)C1. The van der Waals surface area contributed by atoms with Crippen molar-refractivity contribution >= 4 is 11.7 Å². The van der Waals surface area contributed by atoms with Gasteiger partial charge in [-0.3, -0.25) is 0 Å². The van der Waals surface area contributed by atoms with E-state index >= 15 is 0 Å². The van der Waals surface area contributed by atoms with Gasteiger partial charge in [0.05, 0.1) is 5.41 Å². The Balaban J connectivity index is 1.53. The fourth-order valence-corrected chi connectivity index (χ4v) is 4.57. The van der Waals surface area contributed by atoms with Gasteiger partial charge >= 0.3 is 6.03 Å². The molecule has 1 aromatic heterocycles. The quantitative estimate of drug-likeness (QED) is 0.751. The summed E-state index contributed by atoms with van der Waals surface area (Å²) in [6.07, 6.45) is 4.32. The van der Waals surface area contributed by atoms with Crippen molar-refractivity contribution in [1.82, 2.24) is 15.0 Å². The van der Waals surface area contributed by atoms with E-state index in [0.717, 1.165) is 56.6 Å². The number of carbonyl (C=O) groups excluding carboxylic acids is 1. The Morgan fingerprint density at radius 2 is 2.13 bits per heavy atom. The number of hydrogen-bond donors (Lipinski definition) is 1. The zero-order chi connectivity index (χ0) is 21.7. The summed E-state index contributed by atoms with van der Waals surface area (Å²) >= 11 is 0. The molecule has 1 atom stereocenters. The zero-order valence-electron chi connectivity index (χ0n) is 18.4. The lowest BCUT2D eigenvalue weighted by molar-refractivity contribution is 0.0778. The highest BCUT2D eigenvalue weighted by atomic mass is 16.5. The lowest BCUT2D eigenvalue weighted by atomic mass is 9.76. The van der Waals surface area contributed by atoms with Gasteiger partial charge in [-0.2, -0.15) is 4.98 Å². The van der Waals surface area contributed by atoms with Gasteiger partial charge in [-0.25, -0.2) is 4.79 Å². The molecule has 31 heavy (non-hydrogen) atoms. The number of amides is 2. The summed E-state index contributed by atoms with van der Waals surface area (Å²) in [5, 5.41) is 7.45. The number of aryl methyl sites for hydroxylation is 1. The summed E-state index contributed by atoms with van der Waals surface area (Å²) in [7, 11) is 1.70. The maximum absolute atomic E-state index is 13.1. The topological polar surface area (TPSA) is 89.7 Å². The Labute approximate surface area is 183 Å². The molecule has 3 heterocycles. The van der Waals surface area contributed by atoms with Gasteiger partial charge in [0.2, 0.25) is 5.89 Å². The summed E-state index contributed by atoms with van der Waals surface area (Å²) in [5.41, 5.74) is 1.50. The van der Waals surface area contributed by atoms with Crippen molar-refractivity contribution in [2.45, 2.75) is 50.4 Å². The van der Waals surface area contributed by atoms with Crippen LogP contribution in [0.2, 0.25) is 0 Å². The molecule has 8 nitrogen and oxygen atoms in total. The van der Waals surface area contributed by atoms with Crippen molar-refractivity contribution in [2.24, 2.45) is 0 Å². The average molecular weight is 429 g/mol. The number of aromatic nitrogens is 2. The normalized spacial score (nSPS) is 22.5. The van der Waals surface area contributed by atoms with Crippen LogP contribution >= 0.6 is 0 Å². The molecule has 0 radical (unpaired) electrons. The van der Waals surface area contributed by atoms with E-state index in [1.54, 1.807) is 7.11 Å². The number of methoxy groups -OCH3 is 1. The third kappa shape index (κ3) is 4.91. The number of nitrogens with one attached hydrogen (secondary N) is 1. The van der Waals surface area contributed by atoms with Gasteiger partial charge in [-0.05, 0) is 50.7 Å². The third-order valence-corrected chi connectivity index (χ3v) is 6.52. The van der Waals surface area contributed by atoms with Crippen molar-refractivity contribution in [3.8, 4) is 0 Å². The molecule has 2 amide bonds. The van der Waals surface area contributed by atoms with E-state index in [4.69, 9.17) is 19.0 Å². The minimum atomic E-state index is -0.371. The molecule has 2 aliphatic rings. The van der Waals surface area contributed by atoms with Crippen molar-refractivity contribution in [3.05, 3.63) is 41.5 Å². The fourth-order valence-electron chi connectivity index (χ4n) is 4.57. The molecule has 1 unspecified atom stereocenters. The Bertz CT molecular complexity index is 880. The van der Waals surface area contributed by atoms with Crippen LogP contribution in [0.15, 0.2) is 28.8 Å². The summed E-state index contributed by atoms with van der Waals surface area (Å²) in [5.74, 6) is 1.63. The molecule has 0 aliphatic carbocycles. The highest BCUT2D eigenvalue weighted by Gasteiger charge is 2.42. The molecule has 2 aliphatic heterocycles. The Morgan fingerprint density at radius 3 is 2.90 bits per heavy atom. The molecule has 0 spiro atoms. The van der Waals surface area contributed by atoms with Crippen molar-refractivity contribution < 1.29 is 18.8 Å². The summed E-state index contributed by atoms with van der Waals surface area (Å²) < 4.78 is 16.5. The monoisotopic (exact) mass is 428 g/mol. The minimum Gasteiger partial charge on any atom is -0.385 e. The van der Waals surface area contributed by atoms with Crippen LogP contribution in [0.1, 0.15) is 55.3 Å². The molecule has 2 saturated heterocycles. The summed E-state index contributed by atoms with van der Waals surface area (Å²) in [6, 6.07) is 7.72. The smallest absolute Gasteiger partial charge is 0.321 e. The van der Waals surface area contributed by atoms with E-state index in [1.807, 2.05) is 36.1 Å². The number of carbonyl (C=O) groups is 1. The van der Waals surface area contributed by atoms with Crippen LogP contribution in [0.4, 0.5) is 10.5 Å². The molecule has 8 heteroatoms. The lowest BCUT2D eigenvalue weighted by Crippen LogP contribution is -2.50. The average Bonchev–Trinajstić information content (AvgIpc) is 3.31. The number of anilines is 1. The second kappa shape index (κ2) is 9.78. The molecule has 0 saturated carbocycles. The van der Waals surface area contributed by atoms with Crippen LogP contribution in [0, 0.1) is 6.92 Å². The fraction of sp³-hybridized carbons (Fsp3) is 0.609. The van der Waals surface area contributed by atoms with Gasteiger partial charge in [-0.15, -0.1) is 0 Å². The summed E-state index contributed by atoms with van der Waals surface area (Å²) in [6.45, 7) is 5.27. The van der Waals surface area contributed by atoms with E-state index in [1.165, 1.54) is 0 Å². The van der Waals surface area contributed by atoms with Gasteiger partial charge in [0, 0.05) is 51.6 Å². The second-order valence-electron chi connectivity index (χ2n) is 8.64. The van der Waals surface area contributed by atoms with E-state index < -0.39 is 0 Å². The molecule has 1 aromatic carbocycles. The number of likely N-dealkylation sites (tertiary alicyclic amines) is 1. The number of ether oxygens (including phenoxy) is 2. The number of hydrogen-bond acceptors (Lipinski definition) is 6. The van der Waals surface area contributed by atoms with Crippen molar-refractivity contribution in [3.63, 3.8) is 0 Å². The van der Waals surface area contributed by atoms with Gasteiger partial charge in [-0.1, -0.05) is 23.4 Å². The largest absolute Gasteiger partial charge is 0.385 e. The third-order valence-electron chi connectivity index (χ3n) is 6.52. The Hall–Kier alpha value is -2.45. The molecule has 1 N–H and O–H groups in total. The van der Waals surface area contributed by atoms with E-state index in [9.17, 15) is 4.79 Å². The standard InChI is InChI=1S/C23H32N4O4/c1-17-6-3-4-7-19(17)24-22(28)27-12-5-10-23(16-27,11-15-29-2)21-25-20(31-26-21)18-8-13-30-14-9-18/h3-4,6-7,18H,5,8-16H2,1-2H3,(H,24,28). The molecular weight excluding hydrogens is 396 g/mol. The molecule has 2 aromatic rings. The maximum atomic E-state index is 13.1. The predicted molar refractivity (Wildman–Crippen MR) is 116 cm³/mol. The number of nitrogens with zero attached hydrogens (tertiary/aromatic N) is 3. The molecule has 168 valence electrons. The molecule has 2 fully saturated rings. The van der Waals surface area contributed by atoms with Crippen LogP contribution in [0.25, 0.3) is 0 Å². The van der Waals surface area contributed by atoms with Crippen LogP contribution in [0.3, 0.4) is 0 Å². The molecular formula is C23H32N4O4. The Morgan fingerprint density at radius 1 is 1.32 bits per heavy atom. The number of piperidine rings is 1. The highest BCUT2D eigenvalue weighted by molar-refractivity contribution is 5.90. The van der Waals surface area contributed by atoms with Crippen molar-refractivity contribution in [2.75, 3.05) is 45.3 Å². The van der Waals surface area contributed by atoms with E-state index in [0.29, 0.717) is 31.4 Å². The van der Waals surface area contributed by atoms with Gasteiger partial charge in [0.1, 0.15) is 0 Å². The lowest BCUT2D eigenvalue weighted by Gasteiger charge is -2.40. The first kappa shape index (κ1) is 21.8. The van der Waals surface area contributed by atoms with Crippen LogP contribution in [0.5, 0.6) is 0 Å². The number of para-hydroxylation sites is 1. The molecule has 0 bridgehead atoms. The van der Waals surface area contributed by atoms with E-state index in [2.05, 4.69) is 10.5 Å². The van der Waals surface area contributed by atoms with Gasteiger partial charge in [0.15, 0.2) is 5.82 Å². The Kier molecular flexibility index (Phi) is 6.87. The second-order valence-corrected chi connectivity index (χ2v) is 8.64. The first-order chi connectivity index (χ1) is 15.1. The molecule has 4 rings (SSSR count). The number of rotatable bonds is 6. The van der Waals surface area contributed by atoms with Crippen LogP contribution < -0.4 is 5.32 Å².